The van der Waals surface area contributed by atoms with Crippen molar-refractivity contribution in [3.8, 4) is 11.4 Å². The Morgan fingerprint density at radius 3 is 2.80 bits per heavy atom. The van der Waals surface area contributed by atoms with Crippen LogP contribution >= 0.6 is 0 Å². The Morgan fingerprint density at radius 2 is 1.93 bits per heavy atom. The Labute approximate surface area is 86.8 Å². The molecule has 3 nitrogen and oxygen atoms in total. The van der Waals surface area contributed by atoms with Gasteiger partial charge in [0, 0.05) is 35.7 Å². The molecule has 0 saturated carbocycles. The summed E-state index contributed by atoms with van der Waals surface area (Å²) in [7, 11) is 0. The van der Waals surface area contributed by atoms with E-state index in [4.69, 9.17) is 0 Å². The Balaban J connectivity index is 2.19. The van der Waals surface area contributed by atoms with Gasteiger partial charge in [-0.1, -0.05) is 12.1 Å². The van der Waals surface area contributed by atoms with Crippen LogP contribution in [0.15, 0.2) is 42.9 Å². The van der Waals surface area contributed by atoms with Gasteiger partial charge in [0.2, 0.25) is 0 Å². The lowest BCUT2D eigenvalue weighted by Crippen LogP contribution is -1.86. The minimum absolute atomic E-state index is 0.727. The van der Waals surface area contributed by atoms with Gasteiger partial charge in [0.15, 0.2) is 5.82 Å². The standard InChI is InChI=1S/C12H8N3/c1-5-14-12(15-6-1)10-3-2-9-4-7-13-11(9)8-10/h2-8,13H. The van der Waals surface area contributed by atoms with Gasteiger partial charge in [-0.25, -0.2) is 9.97 Å². The molecule has 15 heavy (non-hydrogen) atoms. The van der Waals surface area contributed by atoms with Crippen molar-refractivity contribution in [2.45, 2.75) is 0 Å². The number of H-pyrrole nitrogens is 1. The Kier molecular flexibility index (Phi) is 1.75. The SMILES string of the molecule is [c]1cnc(-c2ccc3cc[nH]c3c2)nc1. The molecule has 3 heteroatoms. The van der Waals surface area contributed by atoms with Gasteiger partial charge in [-0.3, -0.25) is 0 Å². The first kappa shape index (κ1) is 8.17. The summed E-state index contributed by atoms with van der Waals surface area (Å²) in [5.41, 5.74) is 2.11. The molecular formula is C12H8N3. The molecule has 0 aliphatic carbocycles. The summed E-state index contributed by atoms with van der Waals surface area (Å²) in [6.45, 7) is 0. The highest BCUT2D eigenvalue weighted by Gasteiger charge is 2.01. The molecule has 1 radical (unpaired) electrons. The summed E-state index contributed by atoms with van der Waals surface area (Å²) in [5, 5.41) is 1.20. The van der Waals surface area contributed by atoms with Crippen molar-refractivity contribution in [3.05, 3.63) is 48.9 Å². The highest BCUT2D eigenvalue weighted by Crippen LogP contribution is 2.20. The highest BCUT2D eigenvalue weighted by atomic mass is 14.8. The zero-order valence-corrected chi connectivity index (χ0v) is 7.94. The van der Waals surface area contributed by atoms with Crippen LogP contribution in [0.25, 0.3) is 22.3 Å². The molecule has 0 amide bonds. The molecule has 1 N–H and O–H groups in total. The third kappa shape index (κ3) is 1.38. The maximum Gasteiger partial charge on any atom is 0.159 e. The average molecular weight is 194 g/mol. The molecule has 0 saturated heterocycles. The van der Waals surface area contributed by atoms with Gasteiger partial charge >= 0.3 is 0 Å². The molecule has 0 fully saturated rings. The first-order valence-electron chi connectivity index (χ1n) is 4.69. The van der Waals surface area contributed by atoms with Crippen LogP contribution in [0.5, 0.6) is 0 Å². The van der Waals surface area contributed by atoms with E-state index in [1.165, 1.54) is 5.39 Å². The zero-order valence-electron chi connectivity index (χ0n) is 7.94. The Morgan fingerprint density at radius 1 is 1.07 bits per heavy atom. The molecule has 0 atom stereocenters. The summed E-state index contributed by atoms with van der Waals surface area (Å²) in [6, 6.07) is 11.0. The van der Waals surface area contributed by atoms with Gasteiger partial charge in [-0.05, 0) is 17.5 Å². The van der Waals surface area contributed by atoms with Gasteiger partial charge in [0.1, 0.15) is 0 Å². The molecule has 71 valence electrons. The fourth-order valence-electron chi connectivity index (χ4n) is 1.60. The fourth-order valence-corrected chi connectivity index (χ4v) is 1.60. The Hall–Kier alpha value is -2.16. The first-order valence-corrected chi connectivity index (χ1v) is 4.69. The molecular weight excluding hydrogens is 186 g/mol. The van der Waals surface area contributed by atoms with E-state index >= 15 is 0 Å². The van der Waals surface area contributed by atoms with E-state index in [2.05, 4.69) is 27.1 Å². The lowest BCUT2D eigenvalue weighted by atomic mass is 10.1. The quantitative estimate of drug-likeness (QED) is 0.646. The van der Waals surface area contributed by atoms with E-state index < -0.39 is 0 Å². The minimum Gasteiger partial charge on any atom is -0.361 e. The van der Waals surface area contributed by atoms with E-state index in [1.54, 1.807) is 12.4 Å². The first-order chi connectivity index (χ1) is 7.43. The van der Waals surface area contributed by atoms with E-state index in [0.717, 1.165) is 16.9 Å². The molecule has 1 aromatic carbocycles. The van der Waals surface area contributed by atoms with Crippen molar-refractivity contribution in [2.24, 2.45) is 0 Å². The number of aromatic nitrogens is 3. The Bertz CT molecular complexity index is 584. The van der Waals surface area contributed by atoms with Crippen LogP contribution < -0.4 is 0 Å². The summed E-state index contributed by atoms with van der Waals surface area (Å²) in [5.74, 6) is 0.727. The third-order valence-electron chi connectivity index (χ3n) is 2.34. The van der Waals surface area contributed by atoms with Crippen LogP contribution in [0.4, 0.5) is 0 Å². The summed E-state index contributed by atoms with van der Waals surface area (Å²) in [4.78, 5) is 11.5. The van der Waals surface area contributed by atoms with Crippen molar-refractivity contribution in [1.82, 2.24) is 15.0 Å². The zero-order chi connectivity index (χ0) is 10.1. The largest absolute Gasteiger partial charge is 0.361 e. The molecule has 0 unspecified atom stereocenters. The maximum absolute atomic E-state index is 4.16. The maximum atomic E-state index is 4.16. The number of nitrogens with one attached hydrogen (secondary N) is 1. The van der Waals surface area contributed by atoms with Crippen LogP contribution in [0.1, 0.15) is 0 Å². The molecule has 3 aromatic rings. The van der Waals surface area contributed by atoms with Crippen molar-refractivity contribution < 1.29 is 0 Å². The number of rotatable bonds is 1. The fraction of sp³-hybridized carbons (Fsp3) is 0. The van der Waals surface area contributed by atoms with Gasteiger partial charge < -0.3 is 4.98 Å². The van der Waals surface area contributed by atoms with Crippen molar-refractivity contribution in [1.29, 1.82) is 0 Å². The average Bonchev–Trinajstić information content (AvgIpc) is 2.77. The number of nitrogens with zero attached hydrogens (tertiary/aromatic N) is 2. The highest BCUT2D eigenvalue weighted by molar-refractivity contribution is 5.83. The van der Waals surface area contributed by atoms with E-state index in [9.17, 15) is 0 Å². The second kappa shape index (κ2) is 3.20. The van der Waals surface area contributed by atoms with Crippen LogP contribution in [-0.4, -0.2) is 15.0 Å². The molecule has 0 spiro atoms. The lowest BCUT2D eigenvalue weighted by molar-refractivity contribution is 1.17. The van der Waals surface area contributed by atoms with Crippen LogP contribution in [0.3, 0.4) is 0 Å². The molecule has 3 rings (SSSR count). The monoisotopic (exact) mass is 194 g/mol. The second-order valence-corrected chi connectivity index (χ2v) is 3.29. The van der Waals surface area contributed by atoms with Gasteiger partial charge in [-0.15, -0.1) is 0 Å². The normalized spacial score (nSPS) is 10.7. The predicted octanol–water partition coefficient (Wildman–Crippen LogP) is 2.43. The number of hydrogen-bond donors (Lipinski definition) is 1. The van der Waals surface area contributed by atoms with Crippen molar-refractivity contribution in [3.63, 3.8) is 0 Å². The van der Waals surface area contributed by atoms with Gasteiger partial charge in [0.25, 0.3) is 0 Å². The molecule has 0 aliphatic heterocycles. The van der Waals surface area contributed by atoms with Gasteiger partial charge in [-0.2, -0.15) is 0 Å². The smallest absolute Gasteiger partial charge is 0.159 e. The number of fused-ring (bicyclic) bond motifs is 1. The predicted molar refractivity (Wildman–Crippen MR) is 58.2 cm³/mol. The van der Waals surface area contributed by atoms with Crippen molar-refractivity contribution in [2.75, 3.05) is 0 Å². The molecule has 0 bridgehead atoms. The number of hydrogen-bond acceptors (Lipinski definition) is 2. The minimum atomic E-state index is 0.727. The van der Waals surface area contributed by atoms with Crippen LogP contribution in [0.2, 0.25) is 0 Å². The molecule has 2 heterocycles. The number of aromatic amines is 1. The van der Waals surface area contributed by atoms with E-state index in [-0.39, 0.29) is 0 Å². The van der Waals surface area contributed by atoms with E-state index in [0.29, 0.717) is 0 Å². The van der Waals surface area contributed by atoms with Crippen molar-refractivity contribution >= 4 is 10.9 Å². The summed E-state index contributed by atoms with van der Waals surface area (Å²) < 4.78 is 0. The summed E-state index contributed by atoms with van der Waals surface area (Å²) in [6.07, 6.45) is 5.18. The molecule has 0 aliphatic rings. The van der Waals surface area contributed by atoms with E-state index in [1.807, 2.05) is 24.4 Å². The topological polar surface area (TPSA) is 41.6 Å². The third-order valence-corrected chi connectivity index (χ3v) is 2.34. The number of benzene rings is 1. The summed E-state index contributed by atoms with van der Waals surface area (Å²) >= 11 is 0. The van der Waals surface area contributed by atoms with Gasteiger partial charge in [0.05, 0.1) is 0 Å². The molecule has 2 aromatic heterocycles. The van der Waals surface area contributed by atoms with Crippen LogP contribution in [0, 0.1) is 6.07 Å². The lowest BCUT2D eigenvalue weighted by Gasteiger charge is -1.98. The second-order valence-electron chi connectivity index (χ2n) is 3.29. The van der Waals surface area contributed by atoms with Crippen LogP contribution in [-0.2, 0) is 0 Å².